The molecule has 2 aromatic rings. The van der Waals surface area contributed by atoms with Gasteiger partial charge in [-0.15, -0.1) is 11.8 Å². The molecular formula is C43H62O2S2. The molecule has 0 N–H and O–H groups in total. The van der Waals surface area contributed by atoms with Crippen LogP contribution in [0.2, 0.25) is 0 Å². The number of hydrogen-bond donors (Lipinski definition) is 0. The van der Waals surface area contributed by atoms with E-state index in [0.29, 0.717) is 29.6 Å². The first-order chi connectivity index (χ1) is 23.2. The summed E-state index contributed by atoms with van der Waals surface area (Å²) in [7, 11) is 0. The quantitative estimate of drug-likeness (QED) is 0.248. The predicted molar refractivity (Wildman–Crippen MR) is 201 cm³/mol. The summed E-state index contributed by atoms with van der Waals surface area (Å²) in [6.45, 7) is 0. The van der Waals surface area contributed by atoms with Crippen LogP contribution in [0.5, 0.6) is 5.75 Å². The van der Waals surface area contributed by atoms with Gasteiger partial charge in [-0.3, -0.25) is 0 Å². The van der Waals surface area contributed by atoms with Crippen LogP contribution >= 0.6 is 11.8 Å². The van der Waals surface area contributed by atoms with Gasteiger partial charge in [0.1, 0.15) is 5.75 Å². The lowest BCUT2D eigenvalue weighted by Gasteiger charge is -2.32. The molecule has 0 bridgehead atoms. The molecule has 0 aliphatic heterocycles. The van der Waals surface area contributed by atoms with Crippen LogP contribution in [0, 0.1) is 0 Å². The van der Waals surface area contributed by atoms with E-state index in [1.807, 2.05) is 11.8 Å². The SMILES string of the molecule is CSc1c(C2CCCCC2)cc(OS(=O)c2c(C3CCCCC3)cc(C3CCCCC3)cc2C2CCCCC2)cc1C1CCCCC1. The molecule has 0 saturated heterocycles. The monoisotopic (exact) mass is 674 g/mol. The van der Waals surface area contributed by atoms with Crippen LogP contribution in [0.1, 0.15) is 218 Å². The van der Waals surface area contributed by atoms with Crippen molar-refractivity contribution in [1.29, 1.82) is 0 Å². The van der Waals surface area contributed by atoms with Crippen LogP contribution in [0.4, 0.5) is 0 Å². The second-order valence-corrected chi connectivity index (χ2v) is 18.0. The van der Waals surface area contributed by atoms with Gasteiger partial charge in [0.2, 0.25) is 11.1 Å². The highest BCUT2D eigenvalue weighted by molar-refractivity contribution is 7.98. The van der Waals surface area contributed by atoms with E-state index >= 15 is 4.21 Å². The Hall–Kier alpha value is -1.26. The highest BCUT2D eigenvalue weighted by Crippen LogP contribution is 2.48. The van der Waals surface area contributed by atoms with Gasteiger partial charge in [0.05, 0.1) is 4.90 Å². The smallest absolute Gasteiger partial charge is 0.241 e. The van der Waals surface area contributed by atoms with E-state index in [-0.39, 0.29) is 0 Å². The van der Waals surface area contributed by atoms with Gasteiger partial charge in [0.25, 0.3) is 0 Å². The first kappa shape index (κ1) is 34.2. The van der Waals surface area contributed by atoms with Gasteiger partial charge < -0.3 is 4.18 Å². The minimum Gasteiger partial charge on any atom is -0.397 e. The third-order valence-electron chi connectivity index (χ3n) is 13.1. The van der Waals surface area contributed by atoms with Crippen molar-refractivity contribution >= 4 is 22.8 Å². The summed E-state index contributed by atoms with van der Waals surface area (Å²) in [5.41, 5.74) is 7.38. The molecule has 0 aromatic heterocycles. The topological polar surface area (TPSA) is 26.3 Å². The van der Waals surface area contributed by atoms with Crippen molar-refractivity contribution in [1.82, 2.24) is 0 Å². The number of rotatable bonds is 9. The fourth-order valence-electron chi connectivity index (χ4n) is 10.5. The van der Waals surface area contributed by atoms with Crippen LogP contribution in [0.15, 0.2) is 34.1 Å². The molecule has 5 saturated carbocycles. The van der Waals surface area contributed by atoms with Gasteiger partial charge in [-0.1, -0.05) is 108 Å². The highest BCUT2D eigenvalue weighted by Gasteiger charge is 2.32. The first-order valence-corrected chi connectivity index (χ1v) is 22.5. The summed E-state index contributed by atoms with van der Waals surface area (Å²) in [4.78, 5) is 2.61. The summed E-state index contributed by atoms with van der Waals surface area (Å²) < 4.78 is 21.9. The Kier molecular flexibility index (Phi) is 12.1. The molecule has 0 spiro atoms. The van der Waals surface area contributed by atoms with E-state index in [1.54, 1.807) is 5.56 Å². The van der Waals surface area contributed by atoms with Crippen molar-refractivity contribution < 1.29 is 8.39 Å². The summed E-state index contributed by atoms with van der Waals surface area (Å²) in [6.07, 6.45) is 35.1. The number of benzene rings is 2. The minimum atomic E-state index is -1.52. The molecule has 5 aliphatic rings. The molecule has 5 aliphatic carbocycles. The van der Waals surface area contributed by atoms with Crippen LogP contribution in [-0.4, -0.2) is 10.5 Å². The van der Waals surface area contributed by atoms with Crippen LogP contribution in [-0.2, 0) is 11.1 Å². The van der Waals surface area contributed by atoms with E-state index < -0.39 is 11.1 Å². The van der Waals surface area contributed by atoms with Crippen LogP contribution < -0.4 is 4.18 Å². The maximum atomic E-state index is 15.0. The zero-order valence-corrected chi connectivity index (χ0v) is 31.1. The van der Waals surface area contributed by atoms with E-state index in [0.717, 1.165) is 10.6 Å². The van der Waals surface area contributed by atoms with Gasteiger partial charge >= 0.3 is 0 Å². The van der Waals surface area contributed by atoms with Gasteiger partial charge in [-0.2, -0.15) is 0 Å². The van der Waals surface area contributed by atoms with Crippen molar-refractivity contribution in [2.24, 2.45) is 0 Å². The lowest BCUT2D eigenvalue weighted by Crippen LogP contribution is -2.18. The van der Waals surface area contributed by atoms with Gasteiger partial charge in [0.15, 0.2) is 0 Å². The lowest BCUT2D eigenvalue weighted by atomic mass is 9.76. The summed E-state index contributed by atoms with van der Waals surface area (Å²) >= 11 is 0.444. The summed E-state index contributed by atoms with van der Waals surface area (Å²) in [6, 6.07) is 9.82. The molecule has 0 radical (unpaired) electrons. The average Bonchev–Trinajstić information content (AvgIpc) is 3.15. The zero-order chi connectivity index (χ0) is 32.0. The average molecular weight is 675 g/mol. The van der Waals surface area contributed by atoms with E-state index in [2.05, 4.69) is 30.5 Å². The molecule has 2 aromatic carbocycles. The number of hydrogen-bond acceptors (Lipinski definition) is 3. The molecule has 4 heteroatoms. The van der Waals surface area contributed by atoms with Crippen molar-refractivity contribution in [2.45, 2.75) is 200 Å². The van der Waals surface area contributed by atoms with Crippen molar-refractivity contribution in [3.8, 4) is 5.75 Å². The van der Waals surface area contributed by atoms with Crippen LogP contribution in [0.25, 0.3) is 0 Å². The molecule has 0 heterocycles. The molecule has 47 heavy (non-hydrogen) atoms. The van der Waals surface area contributed by atoms with Crippen LogP contribution in [0.3, 0.4) is 0 Å². The molecule has 5 fully saturated rings. The lowest BCUT2D eigenvalue weighted by molar-refractivity contribution is 0.418. The fourth-order valence-corrected chi connectivity index (χ4v) is 12.6. The fraction of sp³-hybridized carbons (Fsp3) is 0.721. The Morgan fingerprint density at radius 1 is 0.489 bits per heavy atom. The Morgan fingerprint density at radius 3 is 1.19 bits per heavy atom. The van der Waals surface area contributed by atoms with Gasteiger partial charge in [-0.25, -0.2) is 4.21 Å². The predicted octanol–water partition coefficient (Wildman–Crippen LogP) is 13.7. The first-order valence-electron chi connectivity index (χ1n) is 20.2. The molecule has 2 nitrogen and oxygen atoms in total. The molecule has 1 unspecified atom stereocenters. The van der Waals surface area contributed by atoms with Crippen molar-refractivity contribution in [3.63, 3.8) is 0 Å². The Morgan fingerprint density at radius 2 is 0.830 bits per heavy atom. The molecular weight excluding hydrogens is 613 g/mol. The standard InChI is InChI=1S/C43H62O2S2/c1-46-42-38(32-19-9-3-10-20-32)29-37(30-39(42)33-21-11-4-12-22-33)45-47(44)43-40(34-23-13-5-14-24-34)27-36(31-17-7-2-8-18-31)28-41(43)35-25-15-6-16-26-35/h27-35H,2-26H2,1H3. The van der Waals surface area contributed by atoms with Crippen molar-refractivity contribution in [2.75, 3.05) is 6.26 Å². The second-order valence-electron chi connectivity index (χ2n) is 16.2. The zero-order valence-electron chi connectivity index (χ0n) is 29.5. The molecule has 1 atom stereocenters. The van der Waals surface area contributed by atoms with Crippen molar-refractivity contribution in [3.05, 3.63) is 52.1 Å². The third-order valence-corrected chi connectivity index (χ3v) is 15.1. The largest absolute Gasteiger partial charge is 0.397 e. The maximum absolute atomic E-state index is 15.0. The molecule has 7 rings (SSSR count). The highest BCUT2D eigenvalue weighted by atomic mass is 32.2. The summed E-state index contributed by atoms with van der Waals surface area (Å²) in [5, 5.41) is 0. The molecule has 258 valence electrons. The maximum Gasteiger partial charge on any atom is 0.241 e. The van der Waals surface area contributed by atoms with E-state index in [4.69, 9.17) is 4.18 Å². The van der Waals surface area contributed by atoms with E-state index in [9.17, 15) is 0 Å². The second kappa shape index (κ2) is 16.6. The van der Waals surface area contributed by atoms with Gasteiger partial charge in [-0.05, 0) is 140 Å². The Bertz CT molecular complexity index is 1260. The summed E-state index contributed by atoms with van der Waals surface area (Å²) in [5.74, 6) is 3.81. The molecule has 0 amide bonds. The minimum absolute atomic E-state index is 0.520. The van der Waals surface area contributed by atoms with Gasteiger partial charge in [0, 0.05) is 4.90 Å². The Balaban J connectivity index is 1.31. The number of thioether (sulfide) groups is 1. The Labute approximate surface area is 294 Å². The van der Waals surface area contributed by atoms with E-state index in [1.165, 1.54) is 188 Å². The third kappa shape index (κ3) is 8.05. The normalized spacial score (nSPS) is 23.9.